The Hall–Kier alpha value is -2.70. The first-order chi connectivity index (χ1) is 14.0. The molecule has 0 aliphatic carbocycles. The molecule has 2 aromatic carbocycles. The zero-order valence-corrected chi connectivity index (χ0v) is 17.6. The maximum Gasteiger partial charge on any atom is 0.253 e. The number of aryl methyl sites for hydroxylation is 1. The van der Waals surface area contributed by atoms with E-state index in [0.29, 0.717) is 30.2 Å². The lowest BCUT2D eigenvalue weighted by Gasteiger charge is -2.28. The largest absolute Gasteiger partial charge is 0.396 e. The van der Waals surface area contributed by atoms with E-state index >= 15 is 0 Å². The van der Waals surface area contributed by atoms with Crippen LogP contribution in [0.2, 0.25) is 0 Å². The number of aliphatic hydroxyl groups excluding tert-OH is 1. The van der Waals surface area contributed by atoms with Gasteiger partial charge in [-0.25, -0.2) is 0 Å². The van der Waals surface area contributed by atoms with E-state index in [2.05, 4.69) is 35.4 Å². The first-order valence-corrected chi connectivity index (χ1v) is 10.2. The van der Waals surface area contributed by atoms with Crippen molar-refractivity contribution in [2.24, 2.45) is 0 Å². The van der Waals surface area contributed by atoms with Crippen LogP contribution in [0.4, 0.5) is 0 Å². The minimum Gasteiger partial charge on any atom is -0.396 e. The summed E-state index contributed by atoms with van der Waals surface area (Å²) in [5.74, 6) is 0. The Morgan fingerprint density at radius 1 is 1.21 bits per heavy atom. The van der Waals surface area contributed by atoms with Crippen molar-refractivity contribution in [2.45, 2.75) is 32.9 Å². The molecule has 1 aromatic heterocycles. The average Bonchev–Trinajstić information content (AvgIpc) is 2.72. The number of fused-ring (bicyclic) bond motifs is 1. The van der Waals surface area contributed by atoms with Crippen LogP contribution >= 0.6 is 12.2 Å². The number of H-pyrrole nitrogens is 1. The molecule has 1 atom stereocenters. The molecule has 0 amide bonds. The van der Waals surface area contributed by atoms with Crippen molar-refractivity contribution in [2.75, 3.05) is 13.2 Å². The van der Waals surface area contributed by atoms with Gasteiger partial charge in [-0.15, -0.1) is 0 Å². The van der Waals surface area contributed by atoms with E-state index in [-0.39, 0.29) is 18.2 Å². The molecule has 3 N–H and O–H groups in total. The van der Waals surface area contributed by atoms with E-state index in [1.54, 1.807) is 0 Å². The van der Waals surface area contributed by atoms with Gasteiger partial charge in [0.15, 0.2) is 5.11 Å². The summed E-state index contributed by atoms with van der Waals surface area (Å²) in [6.45, 7) is 5.10. The van der Waals surface area contributed by atoms with Crippen molar-refractivity contribution in [3.63, 3.8) is 0 Å². The molecule has 6 heteroatoms. The van der Waals surface area contributed by atoms with Gasteiger partial charge in [0.2, 0.25) is 0 Å². The number of aromatic amines is 1. The van der Waals surface area contributed by atoms with Gasteiger partial charge in [0.25, 0.3) is 5.56 Å². The molecule has 0 spiro atoms. The number of nitrogens with one attached hydrogen (secondary N) is 2. The third-order valence-corrected chi connectivity index (χ3v) is 5.33. The van der Waals surface area contributed by atoms with E-state index < -0.39 is 0 Å². The first kappa shape index (κ1) is 21.0. The molecule has 3 aromatic rings. The predicted octanol–water partition coefficient (Wildman–Crippen LogP) is 3.66. The van der Waals surface area contributed by atoms with Crippen molar-refractivity contribution >= 4 is 28.2 Å². The second kappa shape index (κ2) is 9.67. The number of aromatic nitrogens is 1. The molecule has 3 rings (SSSR count). The third kappa shape index (κ3) is 5.43. The summed E-state index contributed by atoms with van der Waals surface area (Å²) in [5.41, 5.74) is 3.63. The number of rotatable bonds is 7. The third-order valence-electron chi connectivity index (χ3n) is 4.95. The Morgan fingerprint density at radius 3 is 2.69 bits per heavy atom. The van der Waals surface area contributed by atoms with Crippen molar-refractivity contribution in [3.05, 3.63) is 81.6 Å². The normalized spacial score (nSPS) is 12.0. The fraction of sp³-hybridized carbons (Fsp3) is 0.304. The van der Waals surface area contributed by atoms with Crippen molar-refractivity contribution < 1.29 is 5.11 Å². The number of hydrogen-bond donors (Lipinski definition) is 3. The highest BCUT2D eigenvalue weighted by Crippen LogP contribution is 2.16. The van der Waals surface area contributed by atoms with Crippen molar-refractivity contribution in [1.29, 1.82) is 0 Å². The minimum atomic E-state index is -0.116. The number of pyridine rings is 1. The van der Waals surface area contributed by atoms with Gasteiger partial charge in [-0.3, -0.25) is 4.79 Å². The maximum absolute atomic E-state index is 12.6. The highest BCUT2D eigenvalue weighted by molar-refractivity contribution is 7.80. The molecular formula is C23H27N3O2S. The predicted molar refractivity (Wildman–Crippen MR) is 122 cm³/mol. The van der Waals surface area contributed by atoms with E-state index in [1.807, 2.05) is 48.2 Å². The van der Waals surface area contributed by atoms with Crippen LogP contribution in [0.15, 0.2) is 59.4 Å². The Balaban J connectivity index is 1.81. The van der Waals surface area contributed by atoms with Crippen LogP contribution in [-0.2, 0) is 6.54 Å². The van der Waals surface area contributed by atoms with E-state index in [4.69, 9.17) is 12.2 Å². The quantitative estimate of drug-likeness (QED) is 0.520. The lowest BCUT2D eigenvalue weighted by atomic mass is 10.1. The fourth-order valence-electron chi connectivity index (χ4n) is 3.31. The lowest BCUT2D eigenvalue weighted by Crippen LogP contribution is -2.42. The smallest absolute Gasteiger partial charge is 0.253 e. The number of aliphatic hydroxyl groups is 1. The molecule has 152 valence electrons. The van der Waals surface area contributed by atoms with Gasteiger partial charge in [-0.1, -0.05) is 42.0 Å². The lowest BCUT2D eigenvalue weighted by molar-refractivity contribution is 0.263. The highest BCUT2D eigenvalue weighted by Gasteiger charge is 2.15. The van der Waals surface area contributed by atoms with Gasteiger partial charge in [-0.05, 0) is 61.6 Å². The summed E-state index contributed by atoms with van der Waals surface area (Å²) < 4.78 is 0. The second-order valence-electron chi connectivity index (χ2n) is 7.29. The van der Waals surface area contributed by atoms with Gasteiger partial charge in [0.05, 0.1) is 12.6 Å². The molecule has 29 heavy (non-hydrogen) atoms. The summed E-state index contributed by atoms with van der Waals surface area (Å²) in [5, 5.41) is 14.2. The van der Waals surface area contributed by atoms with E-state index in [9.17, 15) is 9.90 Å². The maximum atomic E-state index is 12.6. The van der Waals surface area contributed by atoms with Gasteiger partial charge >= 0.3 is 0 Å². The molecule has 0 saturated heterocycles. The molecule has 1 heterocycles. The van der Waals surface area contributed by atoms with Gasteiger partial charge in [0.1, 0.15) is 0 Å². The SMILES string of the molecule is Cc1ccc2[nH]c(=O)c(CN(CCCO)C(=S)N[C@@H](C)c3ccccc3)cc2c1. The molecule has 0 saturated carbocycles. The second-order valence-corrected chi connectivity index (χ2v) is 7.68. The van der Waals surface area contributed by atoms with Crippen LogP contribution < -0.4 is 10.9 Å². The van der Waals surface area contributed by atoms with Crippen LogP contribution in [-0.4, -0.2) is 33.3 Å². The minimum absolute atomic E-state index is 0.0397. The molecule has 0 bridgehead atoms. The van der Waals surface area contributed by atoms with Crippen molar-refractivity contribution in [3.8, 4) is 0 Å². The number of nitrogens with zero attached hydrogens (tertiary/aromatic N) is 1. The summed E-state index contributed by atoms with van der Waals surface area (Å²) in [4.78, 5) is 17.5. The van der Waals surface area contributed by atoms with Crippen LogP contribution in [0.3, 0.4) is 0 Å². The van der Waals surface area contributed by atoms with Gasteiger partial charge < -0.3 is 20.3 Å². The average molecular weight is 410 g/mol. The fourth-order valence-corrected chi connectivity index (χ4v) is 3.64. The molecule has 0 radical (unpaired) electrons. The van der Waals surface area contributed by atoms with Crippen LogP contribution in [0.1, 0.15) is 36.1 Å². The standard InChI is InChI=1S/C23H27N3O2S/c1-16-9-10-21-19(13-16)14-20(22(28)25-21)15-26(11-6-12-27)23(29)24-17(2)18-7-4-3-5-8-18/h3-5,7-10,13-14,17,27H,6,11-12,15H2,1-2H3,(H,24,29)(H,25,28)/t17-/m0/s1. The molecule has 0 aliphatic rings. The van der Waals surface area contributed by atoms with Crippen molar-refractivity contribution in [1.82, 2.24) is 15.2 Å². The Morgan fingerprint density at radius 2 is 1.97 bits per heavy atom. The number of hydrogen-bond acceptors (Lipinski definition) is 3. The Labute approximate surface area is 176 Å². The Bertz CT molecular complexity index is 1030. The van der Waals surface area contributed by atoms with Crippen LogP contribution in [0.25, 0.3) is 10.9 Å². The topological polar surface area (TPSA) is 68.4 Å². The zero-order chi connectivity index (χ0) is 20.8. The monoisotopic (exact) mass is 409 g/mol. The molecule has 5 nitrogen and oxygen atoms in total. The summed E-state index contributed by atoms with van der Waals surface area (Å²) in [6.07, 6.45) is 0.576. The molecule has 0 unspecified atom stereocenters. The van der Waals surface area contributed by atoms with Crippen LogP contribution in [0.5, 0.6) is 0 Å². The van der Waals surface area contributed by atoms with E-state index in [0.717, 1.165) is 22.0 Å². The molecular weight excluding hydrogens is 382 g/mol. The van der Waals surface area contributed by atoms with E-state index in [1.165, 1.54) is 0 Å². The summed E-state index contributed by atoms with van der Waals surface area (Å²) >= 11 is 5.65. The molecule has 0 fully saturated rings. The number of thiocarbonyl (C=S) groups is 1. The van der Waals surface area contributed by atoms with Gasteiger partial charge in [0, 0.05) is 24.2 Å². The number of benzene rings is 2. The Kier molecular flexibility index (Phi) is 7.01. The summed E-state index contributed by atoms with van der Waals surface area (Å²) in [7, 11) is 0. The highest BCUT2D eigenvalue weighted by atomic mass is 32.1. The van der Waals surface area contributed by atoms with Gasteiger partial charge in [-0.2, -0.15) is 0 Å². The molecule has 0 aliphatic heterocycles. The zero-order valence-electron chi connectivity index (χ0n) is 16.8. The first-order valence-electron chi connectivity index (χ1n) is 9.81. The van der Waals surface area contributed by atoms with Crippen LogP contribution in [0, 0.1) is 6.92 Å². The summed E-state index contributed by atoms with van der Waals surface area (Å²) in [6, 6.07) is 18.0.